The first kappa shape index (κ1) is 13.8. The summed E-state index contributed by atoms with van der Waals surface area (Å²) < 4.78 is 0. The molecular weight excluding hydrogens is 260 g/mol. The van der Waals surface area contributed by atoms with Crippen LogP contribution in [0.15, 0.2) is 54.6 Å². The minimum absolute atomic E-state index is 0.0867. The number of carbonyl (C=O) groups excluding carboxylic acids is 1. The Morgan fingerprint density at radius 3 is 2.67 bits per heavy atom. The molecule has 3 rings (SSSR count). The lowest BCUT2D eigenvalue weighted by atomic mass is 9.98. The van der Waals surface area contributed by atoms with Gasteiger partial charge in [-0.3, -0.25) is 10.1 Å². The third-order valence-corrected chi connectivity index (χ3v) is 3.92. The molecular formula is C18H20N2O. The van der Waals surface area contributed by atoms with Crippen molar-refractivity contribution in [2.24, 2.45) is 0 Å². The highest BCUT2D eigenvalue weighted by atomic mass is 16.2. The van der Waals surface area contributed by atoms with E-state index in [4.69, 9.17) is 0 Å². The van der Waals surface area contributed by atoms with Crippen LogP contribution in [0.5, 0.6) is 0 Å². The summed E-state index contributed by atoms with van der Waals surface area (Å²) in [6, 6.07) is 18.6. The molecule has 2 aromatic carbocycles. The lowest BCUT2D eigenvalue weighted by Gasteiger charge is -2.31. The molecule has 3 heteroatoms. The molecule has 21 heavy (non-hydrogen) atoms. The Hall–Kier alpha value is -2.13. The van der Waals surface area contributed by atoms with Gasteiger partial charge in [0.1, 0.15) is 0 Å². The van der Waals surface area contributed by atoms with Crippen molar-refractivity contribution in [3.63, 3.8) is 0 Å². The Balaban J connectivity index is 1.73. The number of rotatable bonds is 3. The van der Waals surface area contributed by atoms with E-state index < -0.39 is 0 Å². The third-order valence-electron chi connectivity index (χ3n) is 3.92. The Kier molecular flexibility index (Phi) is 4.02. The first-order valence-electron chi connectivity index (χ1n) is 7.36. The summed E-state index contributed by atoms with van der Waals surface area (Å²) in [7, 11) is 0. The largest absolute Gasteiger partial charge is 0.353 e. The van der Waals surface area contributed by atoms with E-state index in [0.717, 1.165) is 6.42 Å². The fourth-order valence-corrected chi connectivity index (χ4v) is 2.83. The molecule has 1 amide bonds. The Labute approximate surface area is 125 Å². The molecule has 1 fully saturated rings. The van der Waals surface area contributed by atoms with E-state index in [1.807, 2.05) is 24.3 Å². The number of benzene rings is 2. The van der Waals surface area contributed by atoms with Crippen LogP contribution in [0, 0.1) is 6.92 Å². The van der Waals surface area contributed by atoms with Crippen molar-refractivity contribution in [3.05, 3.63) is 71.3 Å². The van der Waals surface area contributed by atoms with E-state index in [1.54, 1.807) is 0 Å². The minimum Gasteiger partial charge on any atom is -0.353 e. The second-order valence-corrected chi connectivity index (χ2v) is 5.62. The molecule has 2 N–H and O–H groups in total. The molecule has 0 aliphatic carbocycles. The predicted octanol–water partition coefficient (Wildman–Crippen LogP) is 2.37. The zero-order valence-electron chi connectivity index (χ0n) is 12.2. The lowest BCUT2D eigenvalue weighted by molar-refractivity contribution is -0.125. The molecule has 0 saturated carbocycles. The lowest BCUT2D eigenvalue weighted by Crippen LogP contribution is -2.55. The summed E-state index contributed by atoms with van der Waals surface area (Å²) in [4.78, 5) is 12.1. The molecule has 108 valence electrons. The van der Waals surface area contributed by atoms with E-state index in [0.29, 0.717) is 6.54 Å². The first-order chi connectivity index (χ1) is 10.2. The van der Waals surface area contributed by atoms with E-state index in [2.05, 4.69) is 47.9 Å². The van der Waals surface area contributed by atoms with E-state index in [1.165, 1.54) is 16.7 Å². The van der Waals surface area contributed by atoms with E-state index in [9.17, 15) is 4.79 Å². The van der Waals surface area contributed by atoms with Crippen LogP contribution in [0.2, 0.25) is 0 Å². The average molecular weight is 280 g/mol. The van der Waals surface area contributed by atoms with E-state index >= 15 is 0 Å². The standard InChI is InChI=1S/C18H20N2O/c1-13-6-5-7-14(10-13)11-16-18(21)19-12-17(20-16)15-8-3-2-4-9-15/h2-10,16-17,20H,11-12H2,1H3,(H,19,21)/t16-,17+/m0/s1. The maximum Gasteiger partial charge on any atom is 0.237 e. The summed E-state index contributed by atoms with van der Waals surface area (Å²) in [6.07, 6.45) is 0.719. The normalized spacial score (nSPS) is 21.9. The molecule has 0 unspecified atom stereocenters. The molecule has 0 spiro atoms. The van der Waals surface area contributed by atoms with Crippen LogP contribution in [0.1, 0.15) is 22.7 Å². The van der Waals surface area contributed by atoms with Gasteiger partial charge in [0.25, 0.3) is 0 Å². The number of aryl methyl sites for hydroxylation is 1. The number of hydrogen-bond acceptors (Lipinski definition) is 2. The zero-order valence-corrected chi connectivity index (χ0v) is 12.2. The Morgan fingerprint density at radius 1 is 1.10 bits per heavy atom. The van der Waals surface area contributed by atoms with Gasteiger partial charge in [-0.1, -0.05) is 60.2 Å². The molecule has 0 radical (unpaired) electrons. The fraction of sp³-hybridized carbons (Fsp3) is 0.278. The monoisotopic (exact) mass is 280 g/mol. The average Bonchev–Trinajstić information content (AvgIpc) is 2.50. The van der Waals surface area contributed by atoms with Crippen LogP contribution in [-0.4, -0.2) is 18.5 Å². The summed E-state index contributed by atoms with van der Waals surface area (Å²) in [5.74, 6) is 0.0867. The maximum atomic E-state index is 12.1. The molecule has 3 nitrogen and oxygen atoms in total. The van der Waals surface area contributed by atoms with Crippen LogP contribution in [0.25, 0.3) is 0 Å². The highest BCUT2D eigenvalue weighted by Crippen LogP contribution is 2.17. The van der Waals surface area contributed by atoms with Crippen molar-refractivity contribution < 1.29 is 4.79 Å². The molecule has 1 saturated heterocycles. The van der Waals surface area contributed by atoms with Gasteiger partial charge in [-0.05, 0) is 24.5 Å². The predicted molar refractivity (Wildman–Crippen MR) is 84.0 cm³/mol. The van der Waals surface area contributed by atoms with Crippen LogP contribution in [0.3, 0.4) is 0 Å². The van der Waals surface area contributed by atoms with E-state index in [-0.39, 0.29) is 18.0 Å². The number of amides is 1. The summed E-state index contributed by atoms with van der Waals surface area (Å²) in [5, 5.41) is 6.49. The van der Waals surface area contributed by atoms with Crippen molar-refractivity contribution in [1.82, 2.24) is 10.6 Å². The minimum atomic E-state index is -0.175. The first-order valence-corrected chi connectivity index (χ1v) is 7.36. The topological polar surface area (TPSA) is 41.1 Å². The zero-order chi connectivity index (χ0) is 14.7. The van der Waals surface area contributed by atoms with Gasteiger partial charge in [-0.15, -0.1) is 0 Å². The van der Waals surface area contributed by atoms with Crippen LogP contribution < -0.4 is 10.6 Å². The third kappa shape index (κ3) is 3.31. The van der Waals surface area contributed by atoms with Gasteiger partial charge in [0.05, 0.1) is 12.1 Å². The van der Waals surface area contributed by atoms with Crippen LogP contribution in [-0.2, 0) is 11.2 Å². The molecule has 0 aromatic heterocycles. The SMILES string of the molecule is Cc1cccc(C[C@@H]2N[C@@H](c3ccccc3)CNC2=O)c1. The summed E-state index contributed by atoms with van der Waals surface area (Å²) in [5.41, 5.74) is 3.63. The number of piperazine rings is 1. The quantitative estimate of drug-likeness (QED) is 0.906. The molecule has 1 aliphatic rings. The van der Waals surface area contributed by atoms with Crippen molar-refractivity contribution in [2.75, 3.05) is 6.54 Å². The van der Waals surface area contributed by atoms with Crippen molar-refractivity contribution in [2.45, 2.75) is 25.4 Å². The Morgan fingerprint density at radius 2 is 1.90 bits per heavy atom. The summed E-state index contributed by atoms with van der Waals surface area (Å²) in [6.45, 7) is 2.72. The van der Waals surface area contributed by atoms with Gasteiger partial charge < -0.3 is 5.32 Å². The Bertz CT molecular complexity index is 624. The highest BCUT2D eigenvalue weighted by molar-refractivity contribution is 5.83. The molecule has 2 aromatic rings. The van der Waals surface area contributed by atoms with Gasteiger partial charge in [0.15, 0.2) is 0 Å². The second kappa shape index (κ2) is 6.10. The van der Waals surface area contributed by atoms with Crippen LogP contribution in [0.4, 0.5) is 0 Å². The fourth-order valence-electron chi connectivity index (χ4n) is 2.83. The molecule has 1 aliphatic heterocycles. The number of carbonyl (C=O) groups is 1. The second-order valence-electron chi connectivity index (χ2n) is 5.62. The smallest absolute Gasteiger partial charge is 0.237 e. The van der Waals surface area contributed by atoms with Gasteiger partial charge in [0, 0.05) is 6.54 Å². The van der Waals surface area contributed by atoms with Crippen molar-refractivity contribution in [3.8, 4) is 0 Å². The summed E-state index contributed by atoms with van der Waals surface area (Å²) >= 11 is 0. The van der Waals surface area contributed by atoms with Gasteiger partial charge in [-0.25, -0.2) is 0 Å². The molecule has 1 heterocycles. The number of hydrogen-bond donors (Lipinski definition) is 2. The number of nitrogens with one attached hydrogen (secondary N) is 2. The highest BCUT2D eigenvalue weighted by Gasteiger charge is 2.28. The van der Waals surface area contributed by atoms with Gasteiger partial charge in [-0.2, -0.15) is 0 Å². The van der Waals surface area contributed by atoms with Gasteiger partial charge in [0.2, 0.25) is 5.91 Å². The maximum absolute atomic E-state index is 12.1. The molecule has 0 bridgehead atoms. The van der Waals surface area contributed by atoms with Gasteiger partial charge >= 0.3 is 0 Å². The van der Waals surface area contributed by atoms with Crippen molar-refractivity contribution in [1.29, 1.82) is 0 Å². The van der Waals surface area contributed by atoms with Crippen LogP contribution >= 0.6 is 0 Å². The van der Waals surface area contributed by atoms with Crippen molar-refractivity contribution >= 4 is 5.91 Å². The molecule has 2 atom stereocenters.